The maximum absolute atomic E-state index is 10.3. The Balaban J connectivity index is 3.62. The van der Waals surface area contributed by atoms with Gasteiger partial charge in [0.05, 0.1) is 0 Å². The van der Waals surface area contributed by atoms with E-state index in [2.05, 4.69) is 6.58 Å². The fraction of sp³-hybridized carbons (Fsp3) is 0.375. The molecule has 0 aromatic rings. The molecule has 0 amide bonds. The molecule has 0 fully saturated rings. The van der Waals surface area contributed by atoms with Gasteiger partial charge in [-0.25, -0.2) is 0 Å². The molecule has 0 aromatic carbocycles. The van der Waals surface area contributed by atoms with Crippen LogP contribution >= 0.6 is 0 Å². The van der Waals surface area contributed by atoms with Gasteiger partial charge < -0.3 is 4.74 Å². The Hall–Kier alpha value is -1.05. The van der Waals surface area contributed by atoms with Crippen molar-refractivity contribution in [2.45, 2.75) is 20.0 Å². The molecule has 0 radical (unpaired) electrons. The Labute approximate surface area is 61.2 Å². The molecule has 0 saturated heterocycles. The molecular formula is C8H12O2. The van der Waals surface area contributed by atoms with E-state index >= 15 is 0 Å². The second kappa shape index (κ2) is 4.79. The molecule has 0 heterocycles. The predicted molar refractivity (Wildman–Crippen MR) is 40.6 cm³/mol. The van der Waals surface area contributed by atoms with Crippen molar-refractivity contribution >= 4 is 5.97 Å². The van der Waals surface area contributed by atoms with Crippen molar-refractivity contribution in [2.24, 2.45) is 0 Å². The number of ether oxygens (including phenoxy) is 1. The van der Waals surface area contributed by atoms with Crippen LogP contribution in [-0.2, 0) is 9.53 Å². The molecule has 10 heavy (non-hydrogen) atoms. The molecule has 1 unspecified atom stereocenters. The smallest absolute Gasteiger partial charge is 0.303 e. The van der Waals surface area contributed by atoms with Gasteiger partial charge in [-0.2, -0.15) is 0 Å². The maximum Gasteiger partial charge on any atom is 0.303 e. The third-order valence-corrected chi connectivity index (χ3v) is 0.870. The Kier molecular flexibility index (Phi) is 4.29. The second-order valence-corrected chi connectivity index (χ2v) is 1.94. The quantitative estimate of drug-likeness (QED) is 0.440. The molecule has 0 saturated carbocycles. The van der Waals surface area contributed by atoms with Crippen molar-refractivity contribution in [3.63, 3.8) is 0 Å². The molecule has 0 aliphatic carbocycles. The lowest BCUT2D eigenvalue weighted by Gasteiger charge is -2.04. The standard InChI is InChI=1S/C8H12O2/c1-4-5-6-7(2)10-8(3)9/h4-7H,1H2,2-3H3/b6-5+. The minimum atomic E-state index is -0.263. The van der Waals surface area contributed by atoms with Gasteiger partial charge in [0.25, 0.3) is 0 Å². The summed E-state index contributed by atoms with van der Waals surface area (Å²) in [6.07, 6.45) is 4.98. The third-order valence-electron chi connectivity index (χ3n) is 0.870. The molecule has 0 aromatic heterocycles. The van der Waals surface area contributed by atoms with Crippen LogP contribution in [0, 0.1) is 0 Å². The molecule has 0 bridgehead atoms. The summed E-state index contributed by atoms with van der Waals surface area (Å²) in [5, 5.41) is 0. The first-order chi connectivity index (χ1) is 4.66. The molecule has 0 aliphatic rings. The number of carbonyl (C=O) groups excluding carboxylic acids is 1. The van der Waals surface area contributed by atoms with Crippen LogP contribution in [0.3, 0.4) is 0 Å². The highest BCUT2D eigenvalue weighted by molar-refractivity contribution is 5.66. The molecule has 0 rings (SSSR count). The van der Waals surface area contributed by atoms with E-state index in [4.69, 9.17) is 4.74 Å². The highest BCUT2D eigenvalue weighted by Gasteiger charge is 1.97. The van der Waals surface area contributed by atoms with Crippen LogP contribution in [0.4, 0.5) is 0 Å². The summed E-state index contributed by atoms with van der Waals surface area (Å²) in [6, 6.07) is 0. The van der Waals surface area contributed by atoms with Crippen LogP contribution in [0.1, 0.15) is 13.8 Å². The molecule has 0 spiro atoms. The van der Waals surface area contributed by atoms with Crippen molar-refractivity contribution in [3.05, 3.63) is 24.8 Å². The van der Waals surface area contributed by atoms with Gasteiger partial charge in [-0.15, -0.1) is 0 Å². The van der Waals surface area contributed by atoms with Crippen molar-refractivity contribution in [2.75, 3.05) is 0 Å². The normalized spacial score (nSPS) is 13.0. The zero-order chi connectivity index (χ0) is 7.98. The van der Waals surface area contributed by atoms with E-state index in [1.165, 1.54) is 6.92 Å². The van der Waals surface area contributed by atoms with Gasteiger partial charge in [-0.1, -0.05) is 18.7 Å². The van der Waals surface area contributed by atoms with Crippen molar-refractivity contribution < 1.29 is 9.53 Å². The Morgan fingerprint density at radius 1 is 1.70 bits per heavy atom. The van der Waals surface area contributed by atoms with Crippen LogP contribution in [0.15, 0.2) is 24.8 Å². The topological polar surface area (TPSA) is 26.3 Å². The van der Waals surface area contributed by atoms with E-state index in [9.17, 15) is 4.79 Å². The fourth-order valence-corrected chi connectivity index (χ4v) is 0.536. The van der Waals surface area contributed by atoms with Crippen LogP contribution in [0.5, 0.6) is 0 Å². The van der Waals surface area contributed by atoms with Crippen molar-refractivity contribution in [1.82, 2.24) is 0 Å². The van der Waals surface area contributed by atoms with E-state index in [0.29, 0.717) is 0 Å². The van der Waals surface area contributed by atoms with Crippen molar-refractivity contribution in [3.8, 4) is 0 Å². The van der Waals surface area contributed by atoms with Gasteiger partial charge >= 0.3 is 5.97 Å². The molecule has 0 aliphatic heterocycles. The van der Waals surface area contributed by atoms with E-state index in [1.807, 2.05) is 0 Å². The molecule has 2 heteroatoms. The number of rotatable bonds is 3. The van der Waals surface area contributed by atoms with Crippen LogP contribution in [0.2, 0.25) is 0 Å². The summed E-state index contributed by atoms with van der Waals surface area (Å²) >= 11 is 0. The Morgan fingerprint density at radius 3 is 2.70 bits per heavy atom. The average Bonchev–Trinajstić information content (AvgIpc) is 1.82. The fourth-order valence-electron chi connectivity index (χ4n) is 0.536. The third kappa shape index (κ3) is 5.09. The zero-order valence-corrected chi connectivity index (χ0v) is 6.33. The number of carbonyl (C=O) groups is 1. The lowest BCUT2D eigenvalue weighted by atomic mass is 10.3. The first-order valence-electron chi connectivity index (χ1n) is 3.13. The average molecular weight is 140 g/mol. The minimum absolute atomic E-state index is 0.157. The van der Waals surface area contributed by atoms with E-state index in [0.717, 1.165) is 0 Å². The van der Waals surface area contributed by atoms with Gasteiger partial charge in [0.15, 0.2) is 0 Å². The summed E-state index contributed by atoms with van der Waals surface area (Å²) in [7, 11) is 0. The molecule has 56 valence electrons. The highest BCUT2D eigenvalue weighted by atomic mass is 16.5. The second-order valence-electron chi connectivity index (χ2n) is 1.94. The summed E-state index contributed by atoms with van der Waals surface area (Å²) < 4.78 is 4.78. The highest BCUT2D eigenvalue weighted by Crippen LogP contribution is 1.92. The van der Waals surface area contributed by atoms with E-state index in [1.54, 1.807) is 25.2 Å². The van der Waals surface area contributed by atoms with Crippen molar-refractivity contribution in [1.29, 1.82) is 0 Å². The summed E-state index contributed by atoms with van der Waals surface area (Å²) in [5.41, 5.74) is 0. The largest absolute Gasteiger partial charge is 0.459 e. The first kappa shape index (κ1) is 8.95. The number of allylic oxidation sites excluding steroid dienone is 2. The number of hydrogen-bond acceptors (Lipinski definition) is 2. The van der Waals surface area contributed by atoms with Crippen LogP contribution < -0.4 is 0 Å². The summed E-state index contributed by atoms with van der Waals surface area (Å²) in [5.74, 6) is -0.263. The van der Waals surface area contributed by atoms with Gasteiger partial charge in [0.2, 0.25) is 0 Å². The monoisotopic (exact) mass is 140 g/mol. The predicted octanol–water partition coefficient (Wildman–Crippen LogP) is 1.68. The Bertz CT molecular complexity index is 147. The van der Waals surface area contributed by atoms with Crippen LogP contribution in [-0.4, -0.2) is 12.1 Å². The molecule has 0 N–H and O–H groups in total. The SMILES string of the molecule is C=C/C=C/C(C)OC(C)=O. The van der Waals surface area contributed by atoms with E-state index < -0.39 is 0 Å². The van der Waals surface area contributed by atoms with Gasteiger partial charge in [0, 0.05) is 6.92 Å². The first-order valence-corrected chi connectivity index (χ1v) is 3.13. The van der Waals surface area contributed by atoms with Gasteiger partial charge in [0.1, 0.15) is 6.10 Å². The maximum atomic E-state index is 10.3. The number of esters is 1. The van der Waals surface area contributed by atoms with Gasteiger partial charge in [-0.05, 0) is 13.0 Å². The lowest BCUT2D eigenvalue weighted by molar-refractivity contribution is -0.143. The summed E-state index contributed by atoms with van der Waals surface area (Å²) in [6.45, 7) is 6.66. The Morgan fingerprint density at radius 2 is 2.30 bits per heavy atom. The minimum Gasteiger partial charge on any atom is -0.459 e. The van der Waals surface area contributed by atoms with E-state index in [-0.39, 0.29) is 12.1 Å². The lowest BCUT2D eigenvalue weighted by Crippen LogP contribution is -2.08. The van der Waals surface area contributed by atoms with Gasteiger partial charge in [-0.3, -0.25) is 4.79 Å². The molecule has 1 atom stereocenters. The zero-order valence-electron chi connectivity index (χ0n) is 6.33. The summed E-state index contributed by atoms with van der Waals surface area (Å²) in [4.78, 5) is 10.3. The molecular weight excluding hydrogens is 128 g/mol. The van der Waals surface area contributed by atoms with Crippen LogP contribution in [0.25, 0.3) is 0 Å². The molecule has 2 nitrogen and oxygen atoms in total. The number of hydrogen-bond donors (Lipinski definition) is 0.